The van der Waals surface area contributed by atoms with Crippen molar-refractivity contribution in [1.82, 2.24) is 5.16 Å². The molecule has 0 atom stereocenters. The van der Waals surface area contributed by atoms with Gasteiger partial charge in [-0.15, -0.1) is 0 Å². The Balaban J connectivity index is 2.24. The first-order chi connectivity index (χ1) is 9.56. The predicted octanol–water partition coefficient (Wildman–Crippen LogP) is 3.77. The Morgan fingerprint density at radius 3 is 2.40 bits per heavy atom. The van der Waals surface area contributed by atoms with Crippen LogP contribution in [-0.4, -0.2) is 5.16 Å². The summed E-state index contributed by atoms with van der Waals surface area (Å²) in [6.45, 7) is 1.81. The molecule has 2 N–H and O–H groups in total. The van der Waals surface area contributed by atoms with Gasteiger partial charge < -0.3 is 14.7 Å². The molecule has 0 aliphatic carbocycles. The van der Waals surface area contributed by atoms with Crippen LogP contribution in [0.2, 0.25) is 0 Å². The number of nitrogen functional groups attached to an aromatic ring is 1. The van der Waals surface area contributed by atoms with Gasteiger partial charge in [0.15, 0.2) is 11.6 Å². The van der Waals surface area contributed by atoms with Crippen molar-refractivity contribution in [2.45, 2.75) is 6.92 Å². The van der Waals surface area contributed by atoms with E-state index in [9.17, 15) is 8.78 Å². The summed E-state index contributed by atoms with van der Waals surface area (Å²) in [5.74, 6) is -0.699. The van der Waals surface area contributed by atoms with E-state index in [1.54, 1.807) is 6.07 Å². The second-order valence-electron chi connectivity index (χ2n) is 4.36. The normalized spacial score (nSPS) is 10.9. The van der Waals surface area contributed by atoms with Gasteiger partial charge in [-0.3, -0.25) is 0 Å². The molecule has 0 saturated carbocycles. The van der Waals surface area contributed by atoms with Crippen LogP contribution in [0.1, 0.15) is 5.56 Å². The summed E-state index contributed by atoms with van der Waals surface area (Å²) in [5, 5.41) is 3.65. The van der Waals surface area contributed by atoms with Gasteiger partial charge in [-0.05, 0) is 36.2 Å². The third kappa shape index (κ3) is 1.95. The molecular weight excluding hydrogens is 266 g/mol. The molecule has 1 aromatic carbocycles. The number of anilines is 1. The summed E-state index contributed by atoms with van der Waals surface area (Å²) in [7, 11) is 0. The van der Waals surface area contributed by atoms with Crippen molar-refractivity contribution in [2.24, 2.45) is 0 Å². The van der Waals surface area contributed by atoms with E-state index in [0.29, 0.717) is 11.3 Å². The van der Waals surface area contributed by atoms with Crippen molar-refractivity contribution in [3.63, 3.8) is 0 Å². The number of nitrogens with zero attached hydrogens (tertiary/aromatic N) is 1. The van der Waals surface area contributed by atoms with Crippen LogP contribution in [0.25, 0.3) is 22.6 Å². The molecule has 102 valence electrons. The topological polar surface area (TPSA) is 65.2 Å². The molecule has 20 heavy (non-hydrogen) atoms. The summed E-state index contributed by atoms with van der Waals surface area (Å²) in [5.41, 5.74) is 7.09. The molecule has 0 aliphatic rings. The number of aryl methyl sites for hydroxylation is 1. The van der Waals surface area contributed by atoms with Crippen LogP contribution in [0.5, 0.6) is 0 Å². The molecule has 6 heteroatoms. The summed E-state index contributed by atoms with van der Waals surface area (Å²) >= 11 is 0. The van der Waals surface area contributed by atoms with Crippen LogP contribution in [0.15, 0.2) is 39.5 Å². The van der Waals surface area contributed by atoms with Crippen molar-refractivity contribution >= 4 is 5.82 Å². The quantitative estimate of drug-likeness (QED) is 0.773. The number of hydrogen-bond donors (Lipinski definition) is 1. The Bertz CT molecular complexity index is 757. The fourth-order valence-electron chi connectivity index (χ4n) is 2.04. The molecule has 4 nitrogen and oxygen atoms in total. The molecule has 0 amide bonds. The lowest BCUT2D eigenvalue weighted by Crippen LogP contribution is -1.91. The number of hydrogen-bond acceptors (Lipinski definition) is 4. The maximum atomic E-state index is 13.3. The second kappa shape index (κ2) is 4.48. The lowest BCUT2D eigenvalue weighted by atomic mass is 10.0. The third-order valence-corrected chi connectivity index (χ3v) is 2.94. The standard InChI is InChI=1S/C14H10F2N2O2/c1-7-2-3-19-12(7)13-11(14(17)18-20-13)8-4-9(15)6-10(16)5-8/h2-6H,1H3,(H2,17,18). The van der Waals surface area contributed by atoms with Gasteiger partial charge in [-0.1, -0.05) is 5.16 Å². The largest absolute Gasteiger partial charge is 0.461 e. The Morgan fingerprint density at radius 1 is 1.10 bits per heavy atom. The van der Waals surface area contributed by atoms with Crippen molar-refractivity contribution in [3.8, 4) is 22.6 Å². The van der Waals surface area contributed by atoms with Gasteiger partial charge in [0.1, 0.15) is 11.6 Å². The smallest absolute Gasteiger partial charge is 0.212 e. The number of furan rings is 1. The van der Waals surface area contributed by atoms with Gasteiger partial charge >= 0.3 is 0 Å². The third-order valence-electron chi connectivity index (χ3n) is 2.94. The Hall–Kier alpha value is -2.63. The van der Waals surface area contributed by atoms with Gasteiger partial charge in [0.25, 0.3) is 0 Å². The van der Waals surface area contributed by atoms with Gasteiger partial charge in [0.2, 0.25) is 5.76 Å². The zero-order valence-corrected chi connectivity index (χ0v) is 10.5. The molecule has 0 unspecified atom stereocenters. The van der Waals surface area contributed by atoms with Gasteiger partial charge in [-0.2, -0.15) is 0 Å². The van der Waals surface area contributed by atoms with Crippen LogP contribution in [0.4, 0.5) is 14.6 Å². The maximum Gasteiger partial charge on any atom is 0.212 e. The van der Waals surface area contributed by atoms with E-state index in [2.05, 4.69) is 5.16 Å². The zero-order chi connectivity index (χ0) is 14.3. The predicted molar refractivity (Wildman–Crippen MR) is 68.7 cm³/mol. The molecule has 2 heterocycles. The van der Waals surface area contributed by atoms with E-state index in [-0.39, 0.29) is 17.1 Å². The van der Waals surface area contributed by atoms with Crippen LogP contribution in [0, 0.1) is 18.6 Å². The molecule has 0 spiro atoms. The minimum atomic E-state index is -0.706. The lowest BCUT2D eigenvalue weighted by molar-refractivity contribution is 0.421. The second-order valence-corrected chi connectivity index (χ2v) is 4.36. The van der Waals surface area contributed by atoms with E-state index < -0.39 is 11.6 Å². The minimum Gasteiger partial charge on any atom is -0.461 e. The fourth-order valence-corrected chi connectivity index (χ4v) is 2.04. The van der Waals surface area contributed by atoms with Crippen molar-refractivity contribution in [3.05, 3.63) is 47.7 Å². The molecule has 3 rings (SSSR count). The van der Waals surface area contributed by atoms with E-state index in [1.807, 2.05) is 6.92 Å². The van der Waals surface area contributed by atoms with Gasteiger partial charge in [0, 0.05) is 6.07 Å². The molecule has 2 aromatic heterocycles. The first-order valence-corrected chi connectivity index (χ1v) is 5.82. The number of rotatable bonds is 2. The Labute approximate surface area is 112 Å². The van der Waals surface area contributed by atoms with Crippen LogP contribution < -0.4 is 5.73 Å². The average Bonchev–Trinajstić information content (AvgIpc) is 2.93. The first kappa shape index (κ1) is 12.4. The molecule has 0 fully saturated rings. The highest BCUT2D eigenvalue weighted by molar-refractivity contribution is 5.85. The number of aromatic nitrogens is 1. The molecular formula is C14H10F2N2O2. The van der Waals surface area contributed by atoms with Crippen molar-refractivity contribution in [2.75, 3.05) is 5.73 Å². The summed E-state index contributed by atoms with van der Waals surface area (Å²) in [6.07, 6.45) is 1.49. The van der Waals surface area contributed by atoms with Crippen LogP contribution in [0.3, 0.4) is 0 Å². The highest BCUT2D eigenvalue weighted by Gasteiger charge is 2.22. The minimum absolute atomic E-state index is 0.0424. The highest BCUT2D eigenvalue weighted by atomic mass is 19.1. The van der Waals surface area contributed by atoms with Gasteiger partial charge in [0.05, 0.1) is 11.8 Å². The highest BCUT2D eigenvalue weighted by Crippen LogP contribution is 2.38. The molecule has 0 aliphatic heterocycles. The van der Waals surface area contributed by atoms with E-state index in [4.69, 9.17) is 14.7 Å². The zero-order valence-electron chi connectivity index (χ0n) is 10.5. The molecule has 0 saturated heterocycles. The van der Waals surface area contributed by atoms with Crippen molar-refractivity contribution < 1.29 is 17.7 Å². The molecule has 0 radical (unpaired) electrons. The van der Waals surface area contributed by atoms with Crippen molar-refractivity contribution in [1.29, 1.82) is 0 Å². The Morgan fingerprint density at radius 2 is 1.80 bits per heavy atom. The first-order valence-electron chi connectivity index (χ1n) is 5.82. The lowest BCUT2D eigenvalue weighted by Gasteiger charge is -2.02. The van der Waals surface area contributed by atoms with E-state index >= 15 is 0 Å². The summed E-state index contributed by atoms with van der Waals surface area (Å²) in [4.78, 5) is 0. The number of nitrogens with two attached hydrogens (primary N) is 1. The maximum absolute atomic E-state index is 13.3. The van der Waals surface area contributed by atoms with Crippen LogP contribution in [-0.2, 0) is 0 Å². The number of benzene rings is 1. The Kier molecular flexibility index (Phi) is 2.78. The fraction of sp³-hybridized carbons (Fsp3) is 0.0714. The average molecular weight is 276 g/mol. The summed E-state index contributed by atoms with van der Waals surface area (Å²) in [6, 6.07) is 4.84. The number of halogens is 2. The summed E-state index contributed by atoms with van der Waals surface area (Å²) < 4.78 is 37.2. The molecule has 3 aromatic rings. The SMILES string of the molecule is Cc1ccoc1-c1onc(N)c1-c1cc(F)cc(F)c1. The van der Waals surface area contributed by atoms with Gasteiger partial charge in [-0.25, -0.2) is 8.78 Å². The van der Waals surface area contributed by atoms with Crippen LogP contribution >= 0.6 is 0 Å². The van der Waals surface area contributed by atoms with E-state index in [0.717, 1.165) is 23.8 Å². The monoisotopic (exact) mass is 276 g/mol. The molecule has 0 bridgehead atoms. The van der Waals surface area contributed by atoms with E-state index in [1.165, 1.54) is 6.26 Å².